The fraction of sp³-hybridized carbons (Fsp3) is 0.333. The van der Waals surface area contributed by atoms with E-state index in [-0.39, 0.29) is 11.8 Å². The van der Waals surface area contributed by atoms with Crippen LogP contribution in [0.25, 0.3) is 10.7 Å². The van der Waals surface area contributed by atoms with Gasteiger partial charge in [-0.1, -0.05) is 31.3 Å². The normalized spacial score (nSPS) is 12.1. The molecule has 0 unspecified atom stereocenters. The lowest BCUT2D eigenvalue weighted by molar-refractivity contribution is -0.119. The highest BCUT2D eigenvalue weighted by molar-refractivity contribution is 7.18. The molecular weight excluding hydrogens is 248 g/mol. The highest BCUT2D eigenvalue weighted by atomic mass is 32.1. The largest absolute Gasteiger partial charge is 0.300 e. The Kier molecular flexibility index (Phi) is 3.99. The number of nitrogens with zero attached hydrogens (tertiary/aromatic N) is 3. The number of carbonyl (C=O) groups is 1. The molecule has 0 aliphatic carbocycles. The Morgan fingerprint density at radius 1 is 1.44 bits per heavy atom. The summed E-state index contributed by atoms with van der Waals surface area (Å²) in [4.78, 5) is 15.9. The number of hydrogen-bond donors (Lipinski definition) is 1. The third-order valence-electron chi connectivity index (χ3n) is 2.60. The quantitative estimate of drug-likeness (QED) is 0.919. The van der Waals surface area contributed by atoms with Gasteiger partial charge < -0.3 is 5.32 Å². The number of nitrogens with one attached hydrogen (secondary N) is 1. The van der Waals surface area contributed by atoms with Gasteiger partial charge in [-0.15, -0.1) is 10.2 Å². The Morgan fingerprint density at radius 3 is 2.94 bits per heavy atom. The molecule has 2 rings (SSSR count). The van der Waals surface area contributed by atoms with Crippen LogP contribution in [-0.4, -0.2) is 21.1 Å². The van der Waals surface area contributed by atoms with E-state index in [1.807, 2.05) is 32.0 Å². The third-order valence-corrected chi connectivity index (χ3v) is 3.46. The van der Waals surface area contributed by atoms with E-state index < -0.39 is 0 Å². The minimum Gasteiger partial charge on any atom is -0.300 e. The number of hydrogen-bond acceptors (Lipinski definition) is 5. The van der Waals surface area contributed by atoms with Gasteiger partial charge in [-0.05, 0) is 18.6 Å². The summed E-state index contributed by atoms with van der Waals surface area (Å²) in [7, 11) is 0. The van der Waals surface area contributed by atoms with Crippen molar-refractivity contribution in [1.82, 2.24) is 15.2 Å². The molecule has 6 heteroatoms. The van der Waals surface area contributed by atoms with Crippen molar-refractivity contribution < 1.29 is 4.79 Å². The summed E-state index contributed by atoms with van der Waals surface area (Å²) in [6.45, 7) is 3.86. The second kappa shape index (κ2) is 5.68. The van der Waals surface area contributed by atoms with Crippen LogP contribution in [0.5, 0.6) is 0 Å². The zero-order valence-electron chi connectivity index (χ0n) is 10.3. The topological polar surface area (TPSA) is 67.8 Å². The zero-order valence-corrected chi connectivity index (χ0v) is 11.1. The fourth-order valence-electron chi connectivity index (χ4n) is 1.28. The van der Waals surface area contributed by atoms with Gasteiger partial charge in [0.15, 0.2) is 5.01 Å². The molecule has 0 spiro atoms. The fourth-order valence-corrected chi connectivity index (χ4v) is 2.00. The van der Waals surface area contributed by atoms with Crippen molar-refractivity contribution in [3.05, 3.63) is 24.4 Å². The molecule has 0 aliphatic heterocycles. The van der Waals surface area contributed by atoms with Crippen LogP contribution in [0.1, 0.15) is 20.3 Å². The first-order valence-electron chi connectivity index (χ1n) is 5.76. The van der Waals surface area contributed by atoms with Crippen molar-refractivity contribution in [3.63, 3.8) is 0 Å². The van der Waals surface area contributed by atoms with Crippen LogP contribution in [0.4, 0.5) is 5.13 Å². The second-order valence-corrected chi connectivity index (χ2v) is 4.90. The average Bonchev–Trinajstić information content (AvgIpc) is 2.87. The van der Waals surface area contributed by atoms with E-state index in [2.05, 4.69) is 20.5 Å². The monoisotopic (exact) mass is 262 g/mol. The highest BCUT2D eigenvalue weighted by Crippen LogP contribution is 2.24. The van der Waals surface area contributed by atoms with Gasteiger partial charge in [-0.3, -0.25) is 9.78 Å². The minimum absolute atomic E-state index is 0.0211. The number of pyridine rings is 1. The second-order valence-electron chi connectivity index (χ2n) is 3.93. The predicted octanol–water partition coefficient (Wildman–Crippen LogP) is 2.58. The van der Waals surface area contributed by atoms with E-state index >= 15 is 0 Å². The molecule has 0 aliphatic rings. The molecule has 1 atom stereocenters. The lowest BCUT2D eigenvalue weighted by atomic mass is 10.1. The standard InChI is InChI=1S/C12H14N4OS/c1-3-8(2)10(17)14-12-16-15-11(18-12)9-6-4-5-7-13-9/h4-8H,3H2,1-2H3,(H,14,16,17)/t8-/m0/s1. The number of rotatable bonds is 4. The first-order valence-corrected chi connectivity index (χ1v) is 6.58. The Bertz CT molecular complexity index is 526. The summed E-state index contributed by atoms with van der Waals surface area (Å²) in [5.41, 5.74) is 0.763. The van der Waals surface area contributed by atoms with Crippen molar-refractivity contribution in [2.24, 2.45) is 5.92 Å². The van der Waals surface area contributed by atoms with Gasteiger partial charge in [-0.25, -0.2) is 0 Å². The van der Waals surface area contributed by atoms with Crippen molar-refractivity contribution in [1.29, 1.82) is 0 Å². The molecule has 0 fully saturated rings. The molecular formula is C12H14N4OS. The van der Waals surface area contributed by atoms with Crippen molar-refractivity contribution in [3.8, 4) is 10.7 Å². The third kappa shape index (κ3) is 2.89. The summed E-state index contributed by atoms with van der Waals surface area (Å²) in [6, 6.07) is 5.60. The maximum atomic E-state index is 11.7. The van der Waals surface area contributed by atoms with Crippen molar-refractivity contribution in [2.45, 2.75) is 20.3 Å². The molecule has 2 aromatic rings. The molecule has 0 saturated carbocycles. The van der Waals surface area contributed by atoms with E-state index in [0.717, 1.165) is 12.1 Å². The molecule has 5 nitrogen and oxygen atoms in total. The predicted molar refractivity (Wildman–Crippen MR) is 71.2 cm³/mol. The van der Waals surface area contributed by atoms with Crippen LogP contribution >= 0.6 is 11.3 Å². The number of anilines is 1. The van der Waals surface area contributed by atoms with E-state index in [1.54, 1.807) is 6.20 Å². The first-order chi connectivity index (χ1) is 8.70. The molecule has 2 aromatic heterocycles. The summed E-state index contributed by atoms with van der Waals surface area (Å²) in [6.07, 6.45) is 2.51. The molecule has 2 heterocycles. The van der Waals surface area contributed by atoms with Gasteiger partial charge in [0.05, 0.1) is 0 Å². The van der Waals surface area contributed by atoms with Crippen LogP contribution in [0.2, 0.25) is 0 Å². The number of carbonyl (C=O) groups excluding carboxylic acids is 1. The minimum atomic E-state index is -0.0266. The number of amides is 1. The molecule has 0 radical (unpaired) electrons. The van der Waals surface area contributed by atoms with E-state index in [0.29, 0.717) is 10.1 Å². The van der Waals surface area contributed by atoms with Crippen LogP contribution in [-0.2, 0) is 4.79 Å². The molecule has 0 aromatic carbocycles. The van der Waals surface area contributed by atoms with Crippen LogP contribution in [0.3, 0.4) is 0 Å². The average molecular weight is 262 g/mol. The van der Waals surface area contributed by atoms with Gasteiger partial charge in [0.25, 0.3) is 0 Å². The van der Waals surface area contributed by atoms with Crippen molar-refractivity contribution >= 4 is 22.4 Å². The Labute approximate surface area is 109 Å². The summed E-state index contributed by atoms with van der Waals surface area (Å²) < 4.78 is 0. The lowest BCUT2D eigenvalue weighted by Gasteiger charge is -2.05. The van der Waals surface area contributed by atoms with Gasteiger partial charge in [0, 0.05) is 12.1 Å². The molecule has 0 saturated heterocycles. The SMILES string of the molecule is CC[C@H](C)C(=O)Nc1nnc(-c2ccccn2)s1. The molecule has 94 valence electrons. The smallest absolute Gasteiger partial charge is 0.229 e. The van der Waals surface area contributed by atoms with E-state index in [4.69, 9.17) is 0 Å². The molecule has 1 amide bonds. The molecule has 0 bridgehead atoms. The first kappa shape index (κ1) is 12.6. The van der Waals surface area contributed by atoms with E-state index in [1.165, 1.54) is 11.3 Å². The zero-order chi connectivity index (χ0) is 13.0. The Morgan fingerprint density at radius 2 is 2.28 bits per heavy atom. The van der Waals surface area contributed by atoms with Gasteiger partial charge >= 0.3 is 0 Å². The van der Waals surface area contributed by atoms with Crippen LogP contribution < -0.4 is 5.32 Å². The summed E-state index contributed by atoms with van der Waals surface area (Å²) >= 11 is 1.33. The number of aromatic nitrogens is 3. The van der Waals surface area contributed by atoms with Gasteiger partial charge in [-0.2, -0.15) is 0 Å². The maximum Gasteiger partial charge on any atom is 0.229 e. The Balaban J connectivity index is 2.10. The van der Waals surface area contributed by atoms with E-state index in [9.17, 15) is 4.79 Å². The maximum absolute atomic E-state index is 11.7. The van der Waals surface area contributed by atoms with Gasteiger partial charge in [0.1, 0.15) is 5.69 Å². The highest BCUT2D eigenvalue weighted by Gasteiger charge is 2.14. The summed E-state index contributed by atoms with van der Waals surface area (Å²) in [5.74, 6) is -0.0478. The van der Waals surface area contributed by atoms with Crippen LogP contribution in [0.15, 0.2) is 24.4 Å². The molecule has 1 N–H and O–H groups in total. The van der Waals surface area contributed by atoms with Gasteiger partial charge in [0.2, 0.25) is 11.0 Å². The molecule has 18 heavy (non-hydrogen) atoms. The van der Waals surface area contributed by atoms with Crippen molar-refractivity contribution in [2.75, 3.05) is 5.32 Å². The van der Waals surface area contributed by atoms with Crippen LogP contribution in [0, 0.1) is 5.92 Å². The summed E-state index contributed by atoms with van der Waals surface area (Å²) in [5, 5.41) is 11.9. The lowest BCUT2D eigenvalue weighted by Crippen LogP contribution is -2.19. The Hall–Kier alpha value is -1.82.